The zero-order valence-electron chi connectivity index (χ0n) is 12.3. The minimum Gasteiger partial charge on any atom is -0.384 e. The topological polar surface area (TPSA) is 64.1 Å². The summed E-state index contributed by atoms with van der Waals surface area (Å²) in [6, 6.07) is 0. The lowest BCUT2D eigenvalue weighted by molar-refractivity contribution is 0.0988. The van der Waals surface area contributed by atoms with Crippen LogP contribution in [0.4, 0.5) is 5.82 Å². The highest BCUT2D eigenvalue weighted by molar-refractivity contribution is 14.2. The van der Waals surface area contributed by atoms with Crippen LogP contribution in [0.3, 0.4) is 0 Å². The van der Waals surface area contributed by atoms with Crippen molar-refractivity contribution in [1.82, 2.24) is 9.78 Å². The Morgan fingerprint density at radius 3 is 2.52 bits per heavy atom. The van der Waals surface area contributed by atoms with Gasteiger partial charge in [-0.2, -0.15) is 5.10 Å². The molecule has 6 heteroatoms. The summed E-state index contributed by atoms with van der Waals surface area (Å²) in [6.45, 7) is 2.06. The summed E-state index contributed by atoms with van der Waals surface area (Å²) in [5.41, 5.74) is 7.53. The molecule has 21 heavy (non-hydrogen) atoms. The molecule has 2 unspecified atom stereocenters. The first-order valence-corrected chi connectivity index (χ1v) is 10.6. The third kappa shape index (κ3) is 2.80. The number of nitrogens with zero attached hydrogens (tertiary/aromatic N) is 2. The van der Waals surface area contributed by atoms with E-state index in [9.17, 15) is 5.11 Å². The Balaban J connectivity index is 1.73. The average Bonchev–Trinajstić information content (AvgIpc) is 3.02. The standard InChI is InChI=1S/C15H20IN3OS/c1-9-13(18-19(2)14(9)17)10-5-11-7-15(20,3-4-21-16)8-12(11)6-10/h10-12,20H,5-8,17H2,1-2H3. The maximum Gasteiger partial charge on any atom is 0.127 e. The number of halogens is 1. The Labute approximate surface area is 141 Å². The predicted molar refractivity (Wildman–Crippen MR) is 94.9 cm³/mol. The molecule has 4 nitrogen and oxygen atoms in total. The van der Waals surface area contributed by atoms with Crippen LogP contribution in [0.5, 0.6) is 0 Å². The monoisotopic (exact) mass is 417 g/mol. The fourth-order valence-corrected chi connectivity index (χ4v) is 4.71. The summed E-state index contributed by atoms with van der Waals surface area (Å²) in [5, 5.41) is 18.1. The van der Waals surface area contributed by atoms with E-state index in [1.807, 2.05) is 7.05 Å². The molecule has 0 spiro atoms. The Morgan fingerprint density at radius 1 is 1.43 bits per heavy atom. The molecule has 2 saturated carbocycles. The van der Waals surface area contributed by atoms with Crippen molar-refractivity contribution >= 4 is 36.0 Å². The molecule has 2 aliphatic carbocycles. The number of rotatable bonds is 1. The van der Waals surface area contributed by atoms with Crippen LogP contribution >= 0.6 is 30.1 Å². The van der Waals surface area contributed by atoms with Gasteiger partial charge in [-0.3, -0.25) is 4.68 Å². The third-order valence-electron chi connectivity index (χ3n) is 5.12. The summed E-state index contributed by atoms with van der Waals surface area (Å²) in [4.78, 5) is 0. The number of hydrogen-bond donors (Lipinski definition) is 2. The molecule has 3 N–H and O–H groups in total. The van der Waals surface area contributed by atoms with E-state index in [1.54, 1.807) is 4.68 Å². The van der Waals surface area contributed by atoms with E-state index in [2.05, 4.69) is 44.4 Å². The molecule has 3 rings (SSSR count). The van der Waals surface area contributed by atoms with Crippen LogP contribution in [-0.4, -0.2) is 20.5 Å². The van der Waals surface area contributed by atoms with Crippen molar-refractivity contribution in [3.05, 3.63) is 11.3 Å². The van der Waals surface area contributed by atoms with Gasteiger partial charge in [0.05, 0.1) is 5.69 Å². The molecule has 0 bridgehead atoms. The van der Waals surface area contributed by atoms with E-state index in [0.717, 1.165) is 42.8 Å². The molecular formula is C15H20IN3OS. The normalized spacial score (nSPS) is 34.6. The summed E-state index contributed by atoms with van der Waals surface area (Å²) < 4.78 is 1.78. The van der Waals surface area contributed by atoms with Gasteiger partial charge in [-0.05, 0) is 58.6 Å². The van der Waals surface area contributed by atoms with Gasteiger partial charge >= 0.3 is 0 Å². The van der Waals surface area contributed by atoms with Crippen LogP contribution in [0.1, 0.15) is 42.9 Å². The van der Waals surface area contributed by atoms with Gasteiger partial charge in [0.1, 0.15) is 11.4 Å². The van der Waals surface area contributed by atoms with E-state index < -0.39 is 5.60 Å². The maximum atomic E-state index is 10.6. The predicted octanol–water partition coefficient (Wildman–Crippen LogP) is 2.99. The SMILES string of the molecule is Cc1c(C2CC3CC(O)(C#CSI)CC3C2)nn(C)c1N. The Bertz CT molecular complexity index is 604. The van der Waals surface area contributed by atoms with Gasteiger partial charge in [0.25, 0.3) is 0 Å². The summed E-state index contributed by atoms with van der Waals surface area (Å²) >= 11 is 2.14. The minimum atomic E-state index is -0.767. The van der Waals surface area contributed by atoms with Crippen molar-refractivity contribution in [2.75, 3.05) is 5.73 Å². The van der Waals surface area contributed by atoms with Crippen molar-refractivity contribution < 1.29 is 5.11 Å². The first kappa shape index (κ1) is 15.5. The molecular weight excluding hydrogens is 397 g/mol. The molecule has 0 radical (unpaired) electrons. The molecule has 0 aromatic carbocycles. The second-order valence-electron chi connectivity index (χ2n) is 6.45. The number of nitrogens with two attached hydrogens (primary N) is 1. The first-order valence-electron chi connectivity index (χ1n) is 7.24. The van der Waals surface area contributed by atoms with E-state index >= 15 is 0 Å². The van der Waals surface area contributed by atoms with Crippen LogP contribution in [0.15, 0.2) is 0 Å². The van der Waals surface area contributed by atoms with Crippen LogP contribution in [0.25, 0.3) is 0 Å². The molecule has 1 aromatic heterocycles. The van der Waals surface area contributed by atoms with E-state index in [4.69, 9.17) is 5.73 Å². The minimum absolute atomic E-state index is 0.486. The average molecular weight is 417 g/mol. The Morgan fingerprint density at radius 2 is 2.05 bits per heavy atom. The van der Waals surface area contributed by atoms with Crippen molar-refractivity contribution in [2.24, 2.45) is 18.9 Å². The second-order valence-corrected chi connectivity index (χ2v) is 8.13. The smallest absolute Gasteiger partial charge is 0.127 e. The van der Waals surface area contributed by atoms with Crippen LogP contribution in [-0.2, 0) is 7.05 Å². The molecule has 0 aliphatic heterocycles. The highest BCUT2D eigenvalue weighted by Gasteiger charge is 2.49. The number of nitrogen functional groups attached to an aromatic ring is 1. The number of fused-ring (bicyclic) bond motifs is 1. The first-order chi connectivity index (χ1) is 9.93. The largest absolute Gasteiger partial charge is 0.384 e. The highest BCUT2D eigenvalue weighted by Crippen LogP contribution is 2.54. The third-order valence-corrected chi connectivity index (χ3v) is 5.96. The van der Waals surface area contributed by atoms with Crippen LogP contribution < -0.4 is 5.73 Å². The molecule has 2 atom stereocenters. The number of hydrogen-bond acceptors (Lipinski definition) is 4. The fraction of sp³-hybridized carbons (Fsp3) is 0.667. The van der Waals surface area contributed by atoms with Gasteiger partial charge in [0.2, 0.25) is 0 Å². The molecule has 1 heterocycles. The molecule has 2 aliphatic rings. The Hall–Kier alpha value is -0.390. The zero-order valence-corrected chi connectivity index (χ0v) is 15.2. The van der Waals surface area contributed by atoms with E-state index in [1.165, 1.54) is 8.93 Å². The van der Waals surface area contributed by atoms with Crippen molar-refractivity contribution in [1.29, 1.82) is 0 Å². The number of aryl methyl sites for hydroxylation is 1. The van der Waals surface area contributed by atoms with Gasteiger partial charge in [0.15, 0.2) is 0 Å². The lowest BCUT2D eigenvalue weighted by Crippen LogP contribution is -2.23. The second kappa shape index (κ2) is 5.67. The highest BCUT2D eigenvalue weighted by atomic mass is 127. The van der Waals surface area contributed by atoms with Gasteiger partial charge in [0, 0.05) is 39.7 Å². The van der Waals surface area contributed by atoms with Crippen molar-refractivity contribution in [3.63, 3.8) is 0 Å². The van der Waals surface area contributed by atoms with Gasteiger partial charge < -0.3 is 10.8 Å². The van der Waals surface area contributed by atoms with Gasteiger partial charge in [-0.25, -0.2) is 0 Å². The summed E-state index contributed by atoms with van der Waals surface area (Å²) in [7, 11) is 3.34. The number of aliphatic hydroxyl groups is 1. The molecule has 0 amide bonds. The molecule has 114 valence electrons. The number of aromatic nitrogens is 2. The molecule has 0 saturated heterocycles. The van der Waals surface area contributed by atoms with E-state index in [-0.39, 0.29) is 0 Å². The lowest BCUT2D eigenvalue weighted by atomic mass is 9.92. The summed E-state index contributed by atoms with van der Waals surface area (Å²) in [6.07, 6.45) is 3.81. The van der Waals surface area contributed by atoms with Gasteiger partial charge in [-0.1, -0.05) is 5.92 Å². The molecule has 1 aromatic rings. The zero-order chi connectivity index (χ0) is 15.2. The van der Waals surface area contributed by atoms with Crippen LogP contribution in [0, 0.1) is 29.9 Å². The van der Waals surface area contributed by atoms with Crippen molar-refractivity contribution in [2.45, 2.75) is 44.1 Å². The lowest BCUT2D eigenvalue weighted by Gasteiger charge is -2.18. The van der Waals surface area contributed by atoms with Crippen molar-refractivity contribution in [3.8, 4) is 11.2 Å². The van der Waals surface area contributed by atoms with E-state index in [0.29, 0.717) is 17.8 Å². The number of anilines is 1. The maximum absolute atomic E-state index is 10.6. The summed E-state index contributed by atoms with van der Waals surface area (Å²) in [5.74, 6) is 5.42. The Kier molecular flexibility index (Phi) is 4.19. The van der Waals surface area contributed by atoms with Crippen LogP contribution in [0.2, 0.25) is 0 Å². The quantitative estimate of drug-likeness (QED) is 0.545. The van der Waals surface area contributed by atoms with Gasteiger partial charge in [-0.15, -0.1) is 0 Å². The molecule has 2 fully saturated rings. The fourth-order valence-electron chi connectivity index (χ4n) is 4.15.